The van der Waals surface area contributed by atoms with Gasteiger partial charge in [0.1, 0.15) is 0 Å². The SMILES string of the molecule is CCc1ccc(C(C)NCc2cncc(Br)c2)cc1. The molecule has 1 atom stereocenters. The lowest BCUT2D eigenvalue weighted by molar-refractivity contribution is 0.573. The van der Waals surface area contributed by atoms with Gasteiger partial charge in [0.2, 0.25) is 0 Å². The fourth-order valence-electron chi connectivity index (χ4n) is 1.98. The Morgan fingerprint density at radius 1 is 1.16 bits per heavy atom. The van der Waals surface area contributed by atoms with Crippen LogP contribution in [0.1, 0.15) is 36.6 Å². The van der Waals surface area contributed by atoms with Gasteiger partial charge in [-0.25, -0.2) is 0 Å². The van der Waals surface area contributed by atoms with Crippen LogP contribution in [0.15, 0.2) is 47.2 Å². The summed E-state index contributed by atoms with van der Waals surface area (Å²) in [6.45, 7) is 5.19. The predicted octanol–water partition coefficient (Wildman–Crippen LogP) is 4.26. The molecule has 0 aliphatic rings. The van der Waals surface area contributed by atoms with E-state index in [2.05, 4.69) is 70.4 Å². The van der Waals surface area contributed by atoms with Crippen LogP contribution >= 0.6 is 15.9 Å². The van der Waals surface area contributed by atoms with Crippen LogP contribution < -0.4 is 5.32 Å². The second kappa shape index (κ2) is 6.83. The second-order valence-corrected chi connectivity index (χ2v) is 5.62. The predicted molar refractivity (Wildman–Crippen MR) is 83.0 cm³/mol. The number of halogens is 1. The topological polar surface area (TPSA) is 24.9 Å². The number of rotatable bonds is 5. The average molecular weight is 319 g/mol. The Labute approximate surface area is 123 Å². The summed E-state index contributed by atoms with van der Waals surface area (Å²) in [5, 5.41) is 3.52. The van der Waals surface area contributed by atoms with Crippen molar-refractivity contribution in [1.29, 1.82) is 0 Å². The highest BCUT2D eigenvalue weighted by atomic mass is 79.9. The van der Waals surface area contributed by atoms with Crippen molar-refractivity contribution in [3.8, 4) is 0 Å². The summed E-state index contributed by atoms with van der Waals surface area (Å²) >= 11 is 3.44. The Hall–Kier alpha value is -1.19. The largest absolute Gasteiger partial charge is 0.306 e. The molecule has 0 saturated heterocycles. The fraction of sp³-hybridized carbons (Fsp3) is 0.312. The molecule has 1 aromatic heterocycles. The zero-order chi connectivity index (χ0) is 13.7. The molecule has 0 spiro atoms. The van der Waals surface area contributed by atoms with E-state index in [9.17, 15) is 0 Å². The fourth-order valence-corrected chi connectivity index (χ4v) is 2.40. The molecule has 2 rings (SSSR count). The summed E-state index contributed by atoms with van der Waals surface area (Å²) in [5.74, 6) is 0. The minimum Gasteiger partial charge on any atom is -0.306 e. The van der Waals surface area contributed by atoms with Crippen LogP contribution in [0.4, 0.5) is 0 Å². The maximum atomic E-state index is 4.17. The molecule has 2 nitrogen and oxygen atoms in total. The first-order valence-electron chi connectivity index (χ1n) is 6.60. The number of pyridine rings is 1. The summed E-state index contributed by atoms with van der Waals surface area (Å²) in [6, 6.07) is 11.2. The molecule has 1 heterocycles. The molecule has 1 N–H and O–H groups in total. The van der Waals surface area contributed by atoms with E-state index in [0.29, 0.717) is 6.04 Å². The van der Waals surface area contributed by atoms with E-state index in [4.69, 9.17) is 0 Å². The molecule has 3 heteroatoms. The van der Waals surface area contributed by atoms with E-state index in [1.165, 1.54) is 16.7 Å². The Bertz CT molecular complexity index is 523. The molecule has 2 aromatic rings. The van der Waals surface area contributed by atoms with E-state index in [1.54, 1.807) is 6.20 Å². The van der Waals surface area contributed by atoms with Crippen LogP contribution in [0.25, 0.3) is 0 Å². The minimum atomic E-state index is 0.338. The summed E-state index contributed by atoms with van der Waals surface area (Å²) in [4.78, 5) is 4.17. The minimum absolute atomic E-state index is 0.338. The number of hydrogen-bond acceptors (Lipinski definition) is 2. The van der Waals surface area contributed by atoms with Crippen molar-refractivity contribution in [2.45, 2.75) is 32.9 Å². The summed E-state index contributed by atoms with van der Waals surface area (Å²) < 4.78 is 1.02. The zero-order valence-electron chi connectivity index (χ0n) is 11.4. The highest BCUT2D eigenvalue weighted by Gasteiger charge is 2.05. The molecule has 0 fully saturated rings. The smallest absolute Gasteiger partial charge is 0.0410 e. The molecule has 1 unspecified atom stereocenters. The lowest BCUT2D eigenvalue weighted by atomic mass is 10.0. The molecule has 0 radical (unpaired) electrons. The third kappa shape index (κ3) is 4.15. The van der Waals surface area contributed by atoms with Gasteiger partial charge in [0.25, 0.3) is 0 Å². The number of benzene rings is 1. The van der Waals surface area contributed by atoms with Gasteiger partial charge in [-0.05, 0) is 52.0 Å². The maximum Gasteiger partial charge on any atom is 0.0410 e. The third-order valence-electron chi connectivity index (χ3n) is 3.26. The third-order valence-corrected chi connectivity index (χ3v) is 3.70. The number of nitrogens with zero attached hydrogens (tertiary/aromatic N) is 1. The number of aryl methyl sites for hydroxylation is 1. The second-order valence-electron chi connectivity index (χ2n) is 4.71. The molecule has 1 aromatic carbocycles. The van der Waals surface area contributed by atoms with Gasteiger partial charge in [0.15, 0.2) is 0 Å². The standard InChI is InChI=1S/C16H19BrN2/c1-3-13-4-6-15(7-5-13)12(2)19-10-14-8-16(17)11-18-9-14/h4-9,11-12,19H,3,10H2,1-2H3. The van der Waals surface area contributed by atoms with Crippen molar-refractivity contribution >= 4 is 15.9 Å². The highest BCUT2D eigenvalue weighted by Crippen LogP contribution is 2.15. The van der Waals surface area contributed by atoms with Crippen molar-refractivity contribution in [3.63, 3.8) is 0 Å². The summed E-state index contributed by atoms with van der Waals surface area (Å²) in [7, 11) is 0. The zero-order valence-corrected chi connectivity index (χ0v) is 12.9. The Morgan fingerprint density at radius 3 is 2.53 bits per heavy atom. The molecule has 0 bridgehead atoms. The van der Waals surface area contributed by atoms with Crippen molar-refractivity contribution < 1.29 is 0 Å². The van der Waals surface area contributed by atoms with Crippen LogP contribution in [0, 0.1) is 0 Å². The molecule has 19 heavy (non-hydrogen) atoms. The van der Waals surface area contributed by atoms with Gasteiger partial charge in [-0.1, -0.05) is 31.2 Å². The lowest BCUT2D eigenvalue weighted by Crippen LogP contribution is -2.18. The maximum absolute atomic E-state index is 4.17. The molecule has 0 saturated carbocycles. The summed E-state index contributed by atoms with van der Waals surface area (Å²) in [5.41, 5.74) is 3.89. The first-order chi connectivity index (χ1) is 9.19. The van der Waals surface area contributed by atoms with Crippen LogP contribution in [0.2, 0.25) is 0 Å². The first kappa shape index (κ1) is 14.2. The van der Waals surface area contributed by atoms with Gasteiger partial charge < -0.3 is 5.32 Å². The van der Waals surface area contributed by atoms with Crippen LogP contribution in [-0.4, -0.2) is 4.98 Å². The molecular formula is C16H19BrN2. The van der Waals surface area contributed by atoms with E-state index < -0.39 is 0 Å². The van der Waals surface area contributed by atoms with E-state index in [1.807, 2.05) is 6.20 Å². The number of nitrogens with one attached hydrogen (secondary N) is 1. The Morgan fingerprint density at radius 2 is 1.89 bits per heavy atom. The van der Waals surface area contributed by atoms with Crippen molar-refractivity contribution in [2.75, 3.05) is 0 Å². The van der Waals surface area contributed by atoms with Crippen molar-refractivity contribution in [3.05, 3.63) is 63.9 Å². The highest BCUT2D eigenvalue weighted by molar-refractivity contribution is 9.10. The van der Waals surface area contributed by atoms with E-state index in [0.717, 1.165) is 17.4 Å². The van der Waals surface area contributed by atoms with Crippen LogP contribution in [0.3, 0.4) is 0 Å². The monoisotopic (exact) mass is 318 g/mol. The van der Waals surface area contributed by atoms with Gasteiger partial charge in [-0.2, -0.15) is 0 Å². The van der Waals surface area contributed by atoms with E-state index >= 15 is 0 Å². The Kier molecular flexibility index (Phi) is 5.11. The molecule has 0 aliphatic carbocycles. The van der Waals surface area contributed by atoms with Gasteiger partial charge in [0.05, 0.1) is 0 Å². The molecule has 0 amide bonds. The Balaban J connectivity index is 1.95. The van der Waals surface area contributed by atoms with Gasteiger partial charge in [-0.15, -0.1) is 0 Å². The molecular weight excluding hydrogens is 300 g/mol. The van der Waals surface area contributed by atoms with Gasteiger partial charge in [0, 0.05) is 29.5 Å². The van der Waals surface area contributed by atoms with Gasteiger partial charge in [-0.3, -0.25) is 4.98 Å². The van der Waals surface area contributed by atoms with Crippen molar-refractivity contribution in [2.24, 2.45) is 0 Å². The van der Waals surface area contributed by atoms with Crippen LogP contribution in [-0.2, 0) is 13.0 Å². The molecule has 100 valence electrons. The normalized spacial score (nSPS) is 12.4. The average Bonchev–Trinajstić information content (AvgIpc) is 2.45. The van der Waals surface area contributed by atoms with Crippen LogP contribution in [0.5, 0.6) is 0 Å². The lowest BCUT2D eigenvalue weighted by Gasteiger charge is -2.14. The summed E-state index contributed by atoms with van der Waals surface area (Å²) in [6.07, 6.45) is 4.78. The van der Waals surface area contributed by atoms with Gasteiger partial charge >= 0.3 is 0 Å². The number of aromatic nitrogens is 1. The number of hydrogen-bond donors (Lipinski definition) is 1. The quantitative estimate of drug-likeness (QED) is 0.891. The molecule has 0 aliphatic heterocycles. The van der Waals surface area contributed by atoms with E-state index in [-0.39, 0.29) is 0 Å². The first-order valence-corrected chi connectivity index (χ1v) is 7.40. The van der Waals surface area contributed by atoms with Crippen molar-refractivity contribution in [1.82, 2.24) is 10.3 Å².